The van der Waals surface area contributed by atoms with Crippen molar-refractivity contribution in [3.8, 4) is 17.1 Å². The molecule has 39 heavy (non-hydrogen) atoms. The van der Waals surface area contributed by atoms with Crippen LogP contribution in [0.2, 0.25) is 0 Å². The summed E-state index contributed by atoms with van der Waals surface area (Å²) < 4.78 is 8.11. The number of piperazine rings is 1. The number of aromatic amines is 1. The summed E-state index contributed by atoms with van der Waals surface area (Å²) in [5, 5.41) is 11.3. The van der Waals surface area contributed by atoms with E-state index in [-0.39, 0.29) is 11.5 Å². The third-order valence-corrected chi connectivity index (χ3v) is 7.15. The van der Waals surface area contributed by atoms with Gasteiger partial charge in [0.05, 0.1) is 17.9 Å². The van der Waals surface area contributed by atoms with Gasteiger partial charge in [0, 0.05) is 51.1 Å². The predicted molar refractivity (Wildman–Crippen MR) is 161 cm³/mol. The lowest BCUT2D eigenvalue weighted by molar-refractivity contribution is -0.132. The Kier molecular flexibility index (Phi) is 13.5. The molecule has 1 fully saturated rings. The number of carbonyl (C=O) groups is 1. The first kappa shape index (κ1) is 32.3. The van der Waals surface area contributed by atoms with Gasteiger partial charge in [-0.2, -0.15) is 0 Å². The minimum Gasteiger partial charge on any atom is -0.493 e. The van der Waals surface area contributed by atoms with Gasteiger partial charge in [0.15, 0.2) is 0 Å². The summed E-state index contributed by atoms with van der Waals surface area (Å²) in [5.41, 5.74) is 1.33. The second-order valence-corrected chi connectivity index (χ2v) is 10.3. The van der Waals surface area contributed by atoms with E-state index in [4.69, 9.17) is 15.1 Å². The molecule has 0 aliphatic carbocycles. The van der Waals surface area contributed by atoms with Crippen LogP contribution in [0.15, 0.2) is 27.9 Å². The zero-order valence-electron chi connectivity index (χ0n) is 24.5. The Hall–Kier alpha value is -2.89. The fourth-order valence-electron chi connectivity index (χ4n) is 4.11. The highest BCUT2D eigenvalue weighted by molar-refractivity contribution is 7.97. The second-order valence-electron chi connectivity index (χ2n) is 9.16. The van der Waals surface area contributed by atoms with Crippen LogP contribution in [0, 0.1) is 5.41 Å². The van der Waals surface area contributed by atoms with Gasteiger partial charge in [-0.15, -0.1) is 0 Å². The molecule has 216 valence electrons. The maximum atomic E-state index is 12.9. The SMILES string of the molecule is CC.CCCC(=N)c1nc(-c2cc(SN3CCN(C(=O)CCN(C)C)CC3)ccc2OCC)[nH]c(=O)c1NC. The molecule has 1 aromatic carbocycles. The standard InChI is InChI=1S/C26H39N7O3S.C2H6/c1-6-8-20(27)23-24(28-3)26(35)30-25(29-23)19-17-18(9-10-21(19)36-7-2)37-33-15-13-32(14-16-33)22(34)11-12-31(4)5;1-2/h9-10,17,27-28H,6-8,11-16H2,1-5H3,(H,29,30,35);1-2H3. The summed E-state index contributed by atoms with van der Waals surface area (Å²) >= 11 is 1.62. The average molecular weight is 560 g/mol. The zero-order valence-corrected chi connectivity index (χ0v) is 25.3. The third kappa shape index (κ3) is 9.08. The van der Waals surface area contributed by atoms with E-state index in [9.17, 15) is 9.59 Å². The lowest BCUT2D eigenvalue weighted by Crippen LogP contribution is -2.46. The molecule has 1 amide bonds. The van der Waals surface area contributed by atoms with Gasteiger partial charge >= 0.3 is 0 Å². The number of carbonyl (C=O) groups excluding carboxylic acids is 1. The smallest absolute Gasteiger partial charge is 0.275 e. The van der Waals surface area contributed by atoms with Gasteiger partial charge in [0.1, 0.15) is 23.0 Å². The quantitative estimate of drug-likeness (QED) is 0.262. The van der Waals surface area contributed by atoms with Gasteiger partial charge in [-0.3, -0.25) is 9.59 Å². The number of rotatable bonds is 12. The molecule has 10 nitrogen and oxygen atoms in total. The highest BCUT2D eigenvalue weighted by Gasteiger charge is 2.23. The van der Waals surface area contributed by atoms with Gasteiger partial charge in [-0.05, 0) is 57.6 Å². The molecule has 0 bridgehead atoms. The van der Waals surface area contributed by atoms with Crippen molar-refractivity contribution in [1.29, 1.82) is 5.41 Å². The van der Waals surface area contributed by atoms with Crippen molar-refractivity contribution < 1.29 is 9.53 Å². The number of hydrogen-bond donors (Lipinski definition) is 3. The van der Waals surface area contributed by atoms with Crippen molar-refractivity contribution in [2.24, 2.45) is 0 Å². The zero-order chi connectivity index (χ0) is 28.9. The molecule has 0 atom stereocenters. The van der Waals surface area contributed by atoms with Crippen LogP contribution in [0.4, 0.5) is 5.69 Å². The first-order chi connectivity index (χ1) is 18.8. The number of anilines is 1. The number of ether oxygens (including phenoxy) is 1. The highest BCUT2D eigenvalue weighted by atomic mass is 32.2. The summed E-state index contributed by atoms with van der Waals surface area (Å²) in [6, 6.07) is 5.86. The van der Waals surface area contributed by atoms with Crippen molar-refractivity contribution in [2.45, 2.75) is 51.9 Å². The molecule has 1 saturated heterocycles. The first-order valence-electron chi connectivity index (χ1n) is 13.8. The Labute approximate surface area is 237 Å². The summed E-state index contributed by atoms with van der Waals surface area (Å²) in [6.07, 6.45) is 1.86. The number of nitrogens with zero attached hydrogens (tertiary/aromatic N) is 4. The Balaban J connectivity index is 0.00000260. The largest absolute Gasteiger partial charge is 0.493 e. The van der Waals surface area contributed by atoms with E-state index in [2.05, 4.69) is 14.6 Å². The summed E-state index contributed by atoms with van der Waals surface area (Å²) in [5.74, 6) is 1.20. The Morgan fingerprint density at radius 3 is 2.46 bits per heavy atom. The highest BCUT2D eigenvalue weighted by Crippen LogP contribution is 2.34. The van der Waals surface area contributed by atoms with E-state index in [0.717, 1.165) is 31.0 Å². The average Bonchev–Trinajstić information content (AvgIpc) is 2.93. The Morgan fingerprint density at radius 2 is 1.87 bits per heavy atom. The predicted octanol–water partition coefficient (Wildman–Crippen LogP) is 4.17. The molecule has 3 rings (SSSR count). The Morgan fingerprint density at radius 1 is 1.18 bits per heavy atom. The van der Waals surface area contributed by atoms with E-state index in [1.807, 2.05) is 69.8 Å². The summed E-state index contributed by atoms with van der Waals surface area (Å²) in [6.45, 7) is 12.1. The van der Waals surface area contributed by atoms with Crippen LogP contribution in [0.1, 0.15) is 52.7 Å². The maximum Gasteiger partial charge on any atom is 0.275 e. The third-order valence-electron chi connectivity index (χ3n) is 6.06. The van der Waals surface area contributed by atoms with Crippen molar-refractivity contribution in [3.05, 3.63) is 34.2 Å². The topological polar surface area (TPSA) is 118 Å². The lowest BCUT2D eigenvalue weighted by atomic mass is 10.1. The molecular weight excluding hydrogens is 514 g/mol. The van der Waals surface area contributed by atoms with Gasteiger partial charge in [-0.1, -0.05) is 27.2 Å². The van der Waals surface area contributed by atoms with E-state index in [0.29, 0.717) is 66.8 Å². The van der Waals surface area contributed by atoms with E-state index in [1.54, 1.807) is 19.0 Å². The fraction of sp³-hybridized carbons (Fsp3) is 0.571. The molecule has 0 radical (unpaired) electrons. The molecule has 3 N–H and O–H groups in total. The fourth-order valence-corrected chi connectivity index (χ4v) is 5.05. The van der Waals surface area contributed by atoms with E-state index >= 15 is 0 Å². The van der Waals surface area contributed by atoms with Crippen LogP contribution >= 0.6 is 11.9 Å². The summed E-state index contributed by atoms with van der Waals surface area (Å²) in [7, 11) is 5.61. The van der Waals surface area contributed by atoms with Crippen LogP contribution in [0.3, 0.4) is 0 Å². The molecule has 11 heteroatoms. The van der Waals surface area contributed by atoms with Crippen LogP contribution in [-0.4, -0.2) is 96.2 Å². The molecule has 2 aromatic rings. The number of aromatic nitrogens is 2. The van der Waals surface area contributed by atoms with Crippen LogP contribution < -0.4 is 15.6 Å². The normalized spacial score (nSPS) is 13.6. The van der Waals surface area contributed by atoms with Gasteiger partial charge in [0.25, 0.3) is 5.56 Å². The van der Waals surface area contributed by atoms with Crippen LogP contribution in [0.25, 0.3) is 11.4 Å². The molecule has 2 heterocycles. The molecular formula is C28H45N7O3S. The minimum absolute atomic E-state index is 0.200. The van der Waals surface area contributed by atoms with Crippen LogP contribution in [0.5, 0.6) is 5.75 Å². The molecule has 0 unspecified atom stereocenters. The maximum absolute atomic E-state index is 12.9. The minimum atomic E-state index is -0.320. The Bertz CT molecular complexity index is 1140. The van der Waals surface area contributed by atoms with Gasteiger partial charge in [-0.25, -0.2) is 9.29 Å². The molecule has 1 aliphatic heterocycles. The molecule has 0 spiro atoms. The lowest BCUT2D eigenvalue weighted by Gasteiger charge is -2.34. The van der Waals surface area contributed by atoms with Crippen molar-refractivity contribution in [1.82, 2.24) is 24.1 Å². The van der Waals surface area contributed by atoms with Crippen molar-refractivity contribution >= 4 is 29.3 Å². The summed E-state index contributed by atoms with van der Waals surface area (Å²) in [4.78, 5) is 37.8. The number of amides is 1. The first-order valence-corrected chi connectivity index (χ1v) is 14.6. The van der Waals surface area contributed by atoms with Gasteiger partial charge in [0.2, 0.25) is 5.91 Å². The molecule has 1 aromatic heterocycles. The van der Waals surface area contributed by atoms with Crippen molar-refractivity contribution in [3.63, 3.8) is 0 Å². The van der Waals surface area contributed by atoms with E-state index < -0.39 is 0 Å². The van der Waals surface area contributed by atoms with Gasteiger partial charge < -0.3 is 30.2 Å². The van der Waals surface area contributed by atoms with E-state index in [1.165, 1.54) is 0 Å². The molecule has 0 saturated carbocycles. The number of hydrogen-bond acceptors (Lipinski definition) is 9. The number of H-pyrrole nitrogens is 1. The number of benzene rings is 1. The van der Waals surface area contributed by atoms with Crippen molar-refractivity contribution in [2.75, 3.05) is 65.8 Å². The molecule has 1 aliphatic rings. The number of nitrogens with one attached hydrogen (secondary N) is 3. The second kappa shape index (κ2) is 16.3. The van der Waals surface area contributed by atoms with Crippen LogP contribution in [-0.2, 0) is 4.79 Å². The monoisotopic (exact) mass is 559 g/mol.